The predicted molar refractivity (Wildman–Crippen MR) is 93.6 cm³/mol. The van der Waals surface area contributed by atoms with Gasteiger partial charge in [0.2, 0.25) is 0 Å². The van der Waals surface area contributed by atoms with Crippen molar-refractivity contribution < 1.29 is 9.53 Å². The van der Waals surface area contributed by atoms with Gasteiger partial charge in [-0.3, -0.25) is 4.79 Å². The van der Waals surface area contributed by atoms with E-state index in [1.54, 1.807) is 30.5 Å². The molecule has 2 aromatic rings. The minimum atomic E-state index is -0.319. The highest BCUT2D eigenvalue weighted by Crippen LogP contribution is 2.28. The van der Waals surface area contributed by atoms with Crippen LogP contribution < -0.4 is 15.4 Å². The Morgan fingerprint density at radius 1 is 1.35 bits per heavy atom. The molecule has 5 nitrogen and oxygen atoms in total. The number of benzene rings is 1. The average molecular weight is 334 g/mol. The highest BCUT2D eigenvalue weighted by atomic mass is 35.5. The molecule has 6 heteroatoms. The smallest absolute Gasteiger partial charge is 0.274 e. The van der Waals surface area contributed by atoms with E-state index in [0.29, 0.717) is 28.2 Å². The lowest BCUT2D eigenvalue weighted by atomic mass is 10.2. The van der Waals surface area contributed by atoms with Crippen molar-refractivity contribution in [3.8, 4) is 5.75 Å². The molecule has 1 atom stereocenters. The molecule has 0 bridgehead atoms. The molecule has 2 rings (SSSR count). The van der Waals surface area contributed by atoms with Gasteiger partial charge in [-0.2, -0.15) is 0 Å². The third-order valence-corrected chi connectivity index (χ3v) is 3.67. The zero-order valence-electron chi connectivity index (χ0n) is 13.4. The van der Waals surface area contributed by atoms with Crippen LogP contribution in [0.1, 0.15) is 30.8 Å². The van der Waals surface area contributed by atoms with Gasteiger partial charge in [0.15, 0.2) is 0 Å². The molecule has 0 fully saturated rings. The van der Waals surface area contributed by atoms with E-state index in [9.17, 15) is 4.79 Å². The first kappa shape index (κ1) is 17.1. The number of methoxy groups -OCH3 is 1. The lowest BCUT2D eigenvalue weighted by molar-refractivity contribution is 0.102. The van der Waals surface area contributed by atoms with Crippen molar-refractivity contribution in [3.05, 3.63) is 47.2 Å². The molecule has 0 aliphatic carbocycles. The van der Waals surface area contributed by atoms with Gasteiger partial charge >= 0.3 is 0 Å². The number of carbonyl (C=O) groups is 1. The van der Waals surface area contributed by atoms with Crippen molar-refractivity contribution in [1.29, 1.82) is 0 Å². The number of hydrogen-bond donors (Lipinski definition) is 2. The normalized spacial score (nSPS) is 11.7. The number of pyridine rings is 1. The number of aromatic nitrogens is 1. The average Bonchev–Trinajstić information content (AvgIpc) is 2.55. The molecular formula is C17H20ClN3O2. The standard InChI is InChI=1S/C17H20ClN3O2/c1-4-11(2)20-13-6-7-14(19-10-13)17(22)21-15-9-12(18)5-8-16(15)23-3/h5-11,20H,4H2,1-3H3,(H,21,22). The van der Waals surface area contributed by atoms with E-state index in [1.165, 1.54) is 7.11 Å². The number of ether oxygens (including phenoxy) is 1. The highest BCUT2D eigenvalue weighted by molar-refractivity contribution is 6.31. The summed E-state index contributed by atoms with van der Waals surface area (Å²) in [5.74, 6) is 0.221. The number of halogens is 1. The first-order valence-corrected chi connectivity index (χ1v) is 7.78. The van der Waals surface area contributed by atoms with Gasteiger partial charge in [0.05, 0.1) is 24.7 Å². The third kappa shape index (κ3) is 4.60. The lowest BCUT2D eigenvalue weighted by Gasteiger charge is -2.13. The van der Waals surface area contributed by atoms with Gasteiger partial charge in [0.1, 0.15) is 11.4 Å². The van der Waals surface area contributed by atoms with Crippen LogP contribution in [0.15, 0.2) is 36.5 Å². The first-order valence-electron chi connectivity index (χ1n) is 7.41. The van der Waals surface area contributed by atoms with Crippen LogP contribution >= 0.6 is 11.6 Å². The zero-order chi connectivity index (χ0) is 16.8. The van der Waals surface area contributed by atoms with E-state index in [1.807, 2.05) is 6.07 Å². The SMILES string of the molecule is CCC(C)Nc1ccc(C(=O)Nc2cc(Cl)ccc2OC)nc1. The molecule has 0 aliphatic rings. The quantitative estimate of drug-likeness (QED) is 0.831. The Morgan fingerprint density at radius 2 is 2.13 bits per heavy atom. The van der Waals surface area contributed by atoms with E-state index in [-0.39, 0.29) is 5.91 Å². The number of amides is 1. The van der Waals surface area contributed by atoms with Gasteiger partial charge in [0, 0.05) is 11.1 Å². The zero-order valence-corrected chi connectivity index (χ0v) is 14.1. The van der Waals surface area contributed by atoms with Crippen molar-refractivity contribution in [2.75, 3.05) is 17.7 Å². The molecule has 122 valence electrons. The van der Waals surface area contributed by atoms with Crippen LogP contribution in [0.25, 0.3) is 0 Å². The van der Waals surface area contributed by atoms with E-state index >= 15 is 0 Å². The molecule has 1 aromatic heterocycles. The van der Waals surface area contributed by atoms with Crippen LogP contribution in [0.5, 0.6) is 5.75 Å². The fourth-order valence-electron chi connectivity index (χ4n) is 1.96. The lowest BCUT2D eigenvalue weighted by Crippen LogP contribution is -2.16. The summed E-state index contributed by atoms with van der Waals surface area (Å²) in [5, 5.41) is 6.58. The summed E-state index contributed by atoms with van der Waals surface area (Å²) < 4.78 is 5.21. The number of hydrogen-bond acceptors (Lipinski definition) is 4. The molecule has 23 heavy (non-hydrogen) atoms. The van der Waals surface area contributed by atoms with Gasteiger partial charge in [-0.1, -0.05) is 18.5 Å². The maximum absolute atomic E-state index is 12.3. The molecule has 0 saturated carbocycles. The van der Waals surface area contributed by atoms with Gasteiger partial charge < -0.3 is 15.4 Å². The van der Waals surface area contributed by atoms with Gasteiger partial charge in [-0.05, 0) is 43.7 Å². The Bertz CT molecular complexity index is 674. The Labute approximate surface area is 141 Å². The largest absolute Gasteiger partial charge is 0.495 e. The maximum atomic E-state index is 12.3. The van der Waals surface area contributed by atoms with Crippen LogP contribution in [0.3, 0.4) is 0 Å². The number of nitrogens with zero attached hydrogens (tertiary/aromatic N) is 1. The number of carbonyl (C=O) groups excluding carboxylic acids is 1. The van der Waals surface area contributed by atoms with Crippen molar-refractivity contribution in [2.24, 2.45) is 0 Å². The molecule has 1 heterocycles. The van der Waals surface area contributed by atoms with Crippen molar-refractivity contribution in [2.45, 2.75) is 26.3 Å². The molecule has 0 radical (unpaired) electrons. The summed E-state index contributed by atoms with van der Waals surface area (Å²) in [6.07, 6.45) is 2.66. The topological polar surface area (TPSA) is 63.2 Å². The fourth-order valence-corrected chi connectivity index (χ4v) is 2.14. The van der Waals surface area contributed by atoms with Crippen molar-refractivity contribution in [1.82, 2.24) is 4.98 Å². The molecule has 1 aromatic carbocycles. The summed E-state index contributed by atoms with van der Waals surface area (Å²) in [6, 6.07) is 8.90. The Kier molecular flexibility index (Phi) is 5.82. The second kappa shape index (κ2) is 7.83. The van der Waals surface area contributed by atoms with E-state index in [0.717, 1.165) is 12.1 Å². The molecule has 0 aliphatic heterocycles. The minimum absolute atomic E-state index is 0.319. The first-order chi connectivity index (χ1) is 11.0. The molecule has 1 unspecified atom stereocenters. The molecule has 0 saturated heterocycles. The van der Waals surface area contributed by atoms with Crippen LogP contribution in [-0.4, -0.2) is 24.0 Å². The van der Waals surface area contributed by atoms with Gasteiger partial charge in [0.25, 0.3) is 5.91 Å². The second-order valence-corrected chi connectivity index (χ2v) is 5.62. The summed E-state index contributed by atoms with van der Waals surface area (Å²) >= 11 is 5.96. The van der Waals surface area contributed by atoms with Crippen LogP contribution in [0, 0.1) is 0 Å². The molecule has 1 amide bonds. The molecular weight excluding hydrogens is 314 g/mol. The van der Waals surface area contributed by atoms with Crippen LogP contribution in [0.2, 0.25) is 5.02 Å². The van der Waals surface area contributed by atoms with E-state index in [4.69, 9.17) is 16.3 Å². The number of rotatable bonds is 6. The van der Waals surface area contributed by atoms with Crippen LogP contribution in [0.4, 0.5) is 11.4 Å². The summed E-state index contributed by atoms with van der Waals surface area (Å²) in [7, 11) is 1.53. The molecule has 0 spiro atoms. The summed E-state index contributed by atoms with van der Waals surface area (Å²) in [6.45, 7) is 4.19. The fraction of sp³-hybridized carbons (Fsp3) is 0.294. The van der Waals surface area contributed by atoms with Crippen molar-refractivity contribution in [3.63, 3.8) is 0 Å². The second-order valence-electron chi connectivity index (χ2n) is 5.18. The maximum Gasteiger partial charge on any atom is 0.274 e. The Balaban J connectivity index is 2.10. The van der Waals surface area contributed by atoms with Gasteiger partial charge in [-0.25, -0.2) is 4.98 Å². The van der Waals surface area contributed by atoms with E-state index < -0.39 is 0 Å². The third-order valence-electron chi connectivity index (χ3n) is 3.43. The predicted octanol–water partition coefficient (Wildman–Crippen LogP) is 4.21. The Morgan fingerprint density at radius 3 is 2.74 bits per heavy atom. The van der Waals surface area contributed by atoms with E-state index in [2.05, 4.69) is 29.5 Å². The minimum Gasteiger partial charge on any atom is -0.495 e. The molecule has 2 N–H and O–H groups in total. The summed E-state index contributed by atoms with van der Waals surface area (Å²) in [4.78, 5) is 16.5. The number of nitrogens with one attached hydrogen (secondary N) is 2. The monoisotopic (exact) mass is 333 g/mol. The van der Waals surface area contributed by atoms with Crippen molar-refractivity contribution >= 4 is 28.9 Å². The summed E-state index contributed by atoms with van der Waals surface area (Å²) in [5.41, 5.74) is 1.71. The Hall–Kier alpha value is -2.27. The van der Waals surface area contributed by atoms with Gasteiger partial charge in [-0.15, -0.1) is 0 Å². The highest BCUT2D eigenvalue weighted by Gasteiger charge is 2.12. The number of anilines is 2. The van der Waals surface area contributed by atoms with Crippen LogP contribution in [-0.2, 0) is 0 Å².